The molecule has 1 heterocycles. The van der Waals surface area contributed by atoms with Crippen molar-refractivity contribution in [3.8, 4) is 35.3 Å². The molecule has 1 aromatic heterocycles. The molecule has 0 N–H and O–H groups in total. The van der Waals surface area contributed by atoms with Crippen molar-refractivity contribution < 1.29 is 19.1 Å². The van der Waals surface area contributed by atoms with Crippen molar-refractivity contribution in [2.75, 3.05) is 13.2 Å². The maximum absolute atomic E-state index is 12.0. The number of carbonyl (C=O) groups is 2. The molecule has 6 heteroatoms. The summed E-state index contributed by atoms with van der Waals surface area (Å²) in [5.41, 5.74) is 2.30. The van der Waals surface area contributed by atoms with Crippen molar-refractivity contribution in [3.63, 3.8) is 0 Å². The third kappa shape index (κ3) is 4.14. The van der Waals surface area contributed by atoms with E-state index < -0.39 is 11.9 Å². The zero-order valence-electron chi connectivity index (χ0n) is 14.1. The fourth-order valence-electron chi connectivity index (χ4n) is 2.34. The highest BCUT2D eigenvalue weighted by Gasteiger charge is 2.13. The van der Waals surface area contributed by atoms with Crippen LogP contribution >= 0.6 is 11.3 Å². The van der Waals surface area contributed by atoms with Crippen LogP contribution in [0.15, 0.2) is 42.5 Å². The first-order chi connectivity index (χ1) is 13.1. The van der Waals surface area contributed by atoms with Gasteiger partial charge in [0.15, 0.2) is 13.2 Å². The number of aromatic nitrogens is 1. The standard InChI is InChI=1S/C21H13NO4S/c1-3-10-25-20(23)15-7-5-6-14(12-15)19-22-17-9-8-16(13-18(17)27-19)21(24)26-11-4-2/h1-2,5-9,12-13H,10-11H2. The summed E-state index contributed by atoms with van der Waals surface area (Å²) in [6, 6.07) is 12.0. The monoisotopic (exact) mass is 375 g/mol. The predicted molar refractivity (Wildman–Crippen MR) is 103 cm³/mol. The molecule has 0 radical (unpaired) electrons. The van der Waals surface area contributed by atoms with Crippen LogP contribution in [0.4, 0.5) is 0 Å². The molecule has 27 heavy (non-hydrogen) atoms. The number of hydrogen-bond donors (Lipinski definition) is 0. The Bertz CT molecular complexity index is 1100. The van der Waals surface area contributed by atoms with Gasteiger partial charge in [0, 0.05) is 5.56 Å². The van der Waals surface area contributed by atoms with Crippen LogP contribution in [-0.2, 0) is 9.47 Å². The number of benzene rings is 2. The van der Waals surface area contributed by atoms with Crippen molar-refractivity contribution in [2.24, 2.45) is 0 Å². The van der Waals surface area contributed by atoms with E-state index in [1.807, 2.05) is 6.07 Å². The first kappa shape index (κ1) is 18.2. The summed E-state index contributed by atoms with van der Waals surface area (Å²) < 4.78 is 10.7. The third-order valence-electron chi connectivity index (χ3n) is 3.54. The summed E-state index contributed by atoms with van der Waals surface area (Å²) in [6.45, 7) is -0.157. The first-order valence-corrected chi connectivity index (χ1v) is 8.66. The van der Waals surface area contributed by atoms with E-state index in [2.05, 4.69) is 16.8 Å². The largest absolute Gasteiger partial charge is 0.449 e. The summed E-state index contributed by atoms with van der Waals surface area (Å²) in [5, 5.41) is 0.714. The van der Waals surface area contributed by atoms with E-state index in [9.17, 15) is 9.59 Å². The van der Waals surface area contributed by atoms with E-state index in [-0.39, 0.29) is 13.2 Å². The molecule has 0 saturated carbocycles. The minimum absolute atomic E-state index is 0.0760. The number of nitrogens with zero attached hydrogens (tertiary/aromatic N) is 1. The smallest absolute Gasteiger partial charge is 0.339 e. The molecule has 0 fully saturated rings. The molecule has 0 atom stereocenters. The Morgan fingerprint density at radius 3 is 2.30 bits per heavy atom. The van der Waals surface area contributed by atoms with E-state index in [4.69, 9.17) is 22.3 Å². The summed E-state index contributed by atoms with van der Waals surface area (Å²) in [7, 11) is 0. The Hall–Kier alpha value is -3.61. The molecular formula is C21H13NO4S. The van der Waals surface area contributed by atoms with Gasteiger partial charge in [0.05, 0.1) is 21.3 Å². The van der Waals surface area contributed by atoms with Gasteiger partial charge in [0.1, 0.15) is 5.01 Å². The minimum Gasteiger partial charge on any atom is -0.449 e. The Balaban J connectivity index is 1.89. The van der Waals surface area contributed by atoms with Crippen molar-refractivity contribution in [2.45, 2.75) is 0 Å². The Kier molecular flexibility index (Phi) is 5.51. The number of rotatable bonds is 5. The van der Waals surface area contributed by atoms with Gasteiger partial charge in [-0.2, -0.15) is 0 Å². The number of fused-ring (bicyclic) bond motifs is 1. The van der Waals surface area contributed by atoms with Crippen LogP contribution in [0.3, 0.4) is 0 Å². The van der Waals surface area contributed by atoms with E-state index in [0.29, 0.717) is 16.1 Å². The van der Waals surface area contributed by atoms with Crippen LogP contribution in [0.5, 0.6) is 0 Å². The number of thiazole rings is 1. The molecule has 3 aromatic rings. The van der Waals surface area contributed by atoms with Crippen molar-refractivity contribution in [1.82, 2.24) is 4.98 Å². The fourth-order valence-corrected chi connectivity index (χ4v) is 3.34. The molecule has 0 spiro atoms. The summed E-state index contributed by atoms with van der Waals surface area (Å²) in [6.07, 6.45) is 10.2. The van der Waals surface area contributed by atoms with Crippen molar-refractivity contribution >= 4 is 33.5 Å². The highest BCUT2D eigenvalue weighted by molar-refractivity contribution is 7.21. The van der Waals surface area contributed by atoms with Gasteiger partial charge in [-0.3, -0.25) is 0 Å². The Labute approximate surface area is 159 Å². The second-order valence-electron chi connectivity index (χ2n) is 5.34. The van der Waals surface area contributed by atoms with Gasteiger partial charge < -0.3 is 9.47 Å². The average molecular weight is 375 g/mol. The summed E-state index contributed by atoms with van der Waals surface area (Å²) in [5.74, 6) is 3.54. The highest BCUT2D eigenvalue weighted by Crippen LogP contribution is 2.31. The Morgan fingerprint density at radius 1 is 0.963 bits per heavy atom. The maximum atomic E-state index is 12.0. The second-order valence-corrected chi connectivity index (χ2v) is 6.37. The van der Waals surface area contributed by atoms with Crippen LogP contribution in [0.2, 0.25) is 0 Å². The first-order valence-electron chi connectivity index (χ1n) is 7.84. The summed E-state index contributed by atoms with van der Waals surface area (Å²) >= 11 is 1.40. The lowest BCUT2D eigenvalue weighted by atomic mass is 10.1. The van der Waals surface area contributed by atoms with E-state index >= 15 is 0 Å². The molecule has 132 valence electrons. The zero-order chi connectivity index (χ0) is 19.2. The topological polar surface area (TPSA) is 65.5 Å². The SMILES string of the molecule is C#CCOC(=O)c1cccc(-c2nc3ccc(C(=O)OCC#C)cc3s2)c1. The predicted octanol–water partition coefficient (Wildman–Crippen LogP) is 3.54. The fraction of sp³-hybridized carbons (Fsp3) is 0.0952. The number of hydrogen-bond acceptors (Lipinski definition) is 6. The molecule has 0 saturated heterocycles. The molecule has 0 bridgehead atoms. The molecule has 0 unspecified atom stereocenters. The molecule has 0 aliphatic heterocycles. The number of esters is 2. The highest BCUT2D eigenvalue weighted by atomic mass is 32.1. The van der Waals surface area contributed by atoms with Gasteiger partial charge in [0.2, 0.25) is 0 Å². The van der Waals surface area contributed by atoms with Crippen LogP contribution in [0, 0.1) is 24.7 Å². The van der Waals surface area contributed by atoms with Gasteiger partial charge in [-0.1, -0.05) is 24.0 Å². The van der Waals surface area contributed by atoms with Crippen molar-refractivity contribution in [3.05, 3.63) is 53.6 Å². The van der Waals surface area contributed by atoms with E-state index in [1.54, 1.807) is 36.4 Å². The number of terminal acetylenes is 2. The molecule has 5 nitrogen and oxygen atoms in total. The lowest BCUT2D eigenvalue weighted by Crippen LogP contribution is -2.05. The maximum Gasteiger partial charge on any atom is 0.339 e. The lowest BCUT2D eigenvalue weighted by molar-refractivity contribution is 0.0547. The minimum atomic E-state index is -0.491. The zero-order valence-corrected chi connectivity index (χ0v) is 14.9. The lowest BCUT2D eigenvalue weighted by Gasteiger charge is -2.02. The normalized spacial score (nSPS) is 10.0. The number of carbonyl (C=O) groups excluding carboxylic acids is 2. The second kappa shape index (κ2) is 8.18. The van der Waals surface area contributed by atoms with Gasteiger partial charge in [-0.05, 0) is 30.3 Å². The van der Waals surface area contributed by atoms with Crippen LogP contribution in [0.25, 0.3) is 20.8 Å². The molecular weight excluding hydrogens is 362 g/mol. The van der Waals surface area contributed by atoms with Gasteiger partial charge >= 0.3 is 11.9 Å². The third-order valence-corrected chi connectivity index (χ3v) is 4.61. The molecule has 2 aromatic carbocycles. The molecule has 0 aliphatic rings. The van der Waals surface area contributed by atoms with Crippen LogP contribution in [0.1, 0.15) is 20.7 Å². The van der Waals surface area contributed by atoms with Gasteiger partial charge in [0.25, 0.3) is 0 Å². The van der Waals surface area contributed by atoms with Gasteiger partial charge in [-0.15, -0.1) is 24.2 Å². The molecule has 0 amide bonds. The van der Waals surface area contributed by atoms with Crippen LogP contribution in [-0.4, -0.2) is 30.1 Å². The molecule has 0 aliphatic carbocycles. The number of ether oxygens (including phenoxy) is 2. The Morgan fingerprint density at radius 2 is 1.63 bits per heavy atom. The van der Waals surface area contributed by atoms with E-state index in [0.717, 1.165) is 15.8 Å². The molecule has 3 rings (SSSR count). The van der Waals surface area contributed by atoms with Gasteiger partial charge in [-0.25, -0.2) is 14.6 Å². The average Bonchev–Trinajstić information content (AvgIpc) is 3.13. The summed E-state index contributed by atoms with van der Waals surface area (Å²) in [4.78, 5) is 28.5. The van der Waals surface area contributed by atoms with Crippen LogP contribution < -0.4 is 0 Å². The van der Waals surface area contributed by atoms with E-state index in [1.165, 1.54) is 11.3 Å². The van der Waals surface area contributed by atoms with Crippen molar-refractivity contribution in [1.29, 1.82) is 0 Å². The quantitative estimate of drug-likeness (QED) is 0.504.